The fourth-order valence-electron chi connectivity index (χ4n) is 1.40. The van der Waals surface area contributed by atoms with Crippen molar-refractivity contribution in [2.45, 2.75) is 9.79 Å². The van der Waals surface area contributed by atoms with Crippen molar-refractivity contribution in [3.05, 3.63) is 58.6 Å². The zero-order valence-electron chi connectivity index (χ0n) is 9.36. The molecule has 2 nitrogen and oxygen atoms in total. The largest absolute Gasteiger partial charge is 0.478 e. The van der Waals surface area contributed by atoms with Crippen LogP contribution in [-0.4, -0.2) is 11.1 Å². The highest BCUT2D eigenvalue weighted by Crippen LogP contribution is 2.33. The minimum absolute atomic E-state index is 0.243. The van der Waals surface area contributed by atoms with Crippen LogP contribution >= 0.6 is 23.4 Å². The Morgan fingerprint density at radius 3 is 2.11 bits per heavy atom. The Morgan fingerprint density at radius 1 is 1.11 bits per heavy atom. The van der Waals surface area contributed by atoms with Gasteiger partial charge in [0.05, 0.1) is 10.5 Å². The predicted octanol–water partition coefficient (Wildman–Crippen LogP) is 4.47. The molecule has 6 heteroatoms. The summed E-state index contributed by atoms with van der Waals surface area (Å²) >= 11 is 6.58. The van der Waals surface area contributed by atoms with Crippen LogP contribution in [0, 0.1) is 11.6 Å². The average molecular weight is 301 g/mol. The summed E-state index contributed by atoms with van der Waals surface area (Å²) in [5.41, 5.74) is -0.421. The lowest BCUT2D eigenvalue weighted by Gasteiger charge is -2.06. The molecule has 0 saturated carbocycles. The van der Waals surface area contributed by atoms with Crippen molar-refractivity contribution in [1.29, 1.82) is 0 Å². The molecule has 1 N–H and O–H groups in total. The molecule has 0 bridgehead atoms. The van der Waals surface area contributed by atoms with Crippen LogP contribution in [-0.2, 0) is 0 Å². The van der Waals surface area contributed by atoms with Gasteiger partial charge in [0.15, 0.2) is 0 Å². The number of carboxylic acids is 1. The minimum Gasteiger partial charge on any atom is -0.478 e. The van der Waals surface area contributed by atoms with Gasteiger partial charge in [-0.2, -0.15) is 0 Å². The SMILES string of the molecule is O=C(O)c1cc(F)c(Sc2ccc(Cl)cc2)c(F)c1. The van der Waals surface area contributed by atoms with Crippen LogP contribution in [0.2, 0.25) is 5.02 Å². The van der Waals surface area contributed by atoms with Gasteiger partial charge >= 0.3 is 5.97 Å². The summed E-state index contributed by atoms with van der Waals surface area (Å²) in [6.07, 6.45) is 0. The van der Waals surface area contributed by atoms with Crippen molar-refractivity contribution < 1.29 is 18.7 Å². The summed E-state index contributed by atoms with van der Waals surface area (Å²) in [5.74, 6) is -3.18. The van der Waals surface area contributed by atoms with Gasteiger partial charge in [0.25, 0.3) is 0 Å². The number of rotatable bonds is 3. The van der Waals surface area contributed by atoms with E-state index in [9.17, 15) is 13.6 Å². The highest BCUT2D eigenvalue weighted by atomic mass is 35.5. The predicted molar refractivity (Wildman–Crippen MR) is 68.9 cm³/mol. The van der Waals surface area contributed by atoms with E-state index in [2.05, 4.69) is 0 Å². The lowest BCUT2D eigenvalue weighted by Crippen LogP contribution is -2.00. The Morgan fingerprint density at radius 2 is 1.63 bits per heavy atom. The van der Waals surface area contributed by atoms with E-state index >= 15 is 0 Å². The molecule has 0 amide bonds. The molecule has 0 unspecified atom stereocenters. The first kappa shape index (κ1) is 13.8. The van der Waals surface area contributed by atoms with Crippen LogP contribution in [0.4, 0.5) is 8.78 Å². The quantitative estimate of drug-likeness (QED) is 0.909. The Labute approximate surface area is 117 Å². The van der Waals surface area contributed by atoms with Gasteiger partial charge in [0.1, 0.15) is 11.6 Å². The molecule has 98 valence electrons. The number of carbonyl (C=O) groups is 1. The van der Waals surface area contributed by atoms with Crippen LogP contribution in [0.25, 0.3) is 0 Å². The molecular weight excluding hydrogens is 294 g/mol. The van der Waals surface area contributed by atoms with E-state index in [0.717, 1.165) is 23.9 Å². The van der Waals surface area contributed by atoms with Crippen molar-refractivity contribution in [2.24, 2.45) is 0 Å². The molecule has 0 heterocycles. The summed E-state index contributed by atoms with van der Waals surface area (Å²) in [5, 5.41) is 9.21. The number of aromatic carboxylic acids is 1. The lowest BCUT2D eigenvalue weighted by atomic mass is 10.2. The Balaban J connectivity index is 2.35. The van der Waals surface area contributed by atoms with Crippen LogP contribution < -0.4 is 0 Å². The summed E-state index contributed by atoms with van der Waals surface area (Å²) < 4.78 is 27.4. The first-order chi connectivity index (χ1) is 8.97. The van der Waals surface area contributed by atoms with Crippen molar-refractivity contribution in [3.63, 3.8) is 0 Å². The second-order valence-electron chi connectivity index (χ2n) is 3.63. The maximum atomic E-state index is 13.7. The third-order valence-corrected chi connectivity index (χ3v) is 3.63. The molecule has 0 saturated heterocycles. The Kier molecular flexibility index (Phi) is 4.07. The second-order valence-corrected chi connectivity index (χ2v) is 5.15. The molecule has 0 aliphatic carbocycles. The molecule has 0 fully saturated rings. The van der Waals surface area contributed by atoms with Gasteiger partial charge in [-0.1, -0.05) is 23.4 Å². The lowest BCUT2D eigenvalue weighted by molar-refractivity contribution is 0.0695. The van der Waals surface area contributed by atoms with Crippen LogP contribution in [0.1, 0.15) is 10.4 Å². The van der Waals surface area contributed by atoms with Crippen molar-refractivity contribution >= 4 is 29.3 Å². The summed E-state index contributed by atoms with van der Waals surface area (Å²) in [6, 6.07) is 8.04. The molecule has 0 aromatic heterocycles. The molecule has 0 atom stereocenters. The summed E-state index contributed by atoms with van der Waals surface area (Å²) in [7, 11) is 0. The van der Waals surface area contributed by atoms with E-state index in [1.54, 1.807) is 24.3 Å². The third-order valence-electron chi connectivity index (χ3n) is 2.28. The highest BCUT2D eigenvalue weighted by Gasteiger charge is 2.15. The molecule has 19 heavy (non-hydrogen) atoms. The third kappa shape index (κ3) is 3.24. The fraction of sp³-hybridized carbons (Fsp3) is 0. The summed E-state index contributed by atoms with van der Waals surface area (Å²) in [6.45, 7) is 0. The minimum atomic E-state index is -1.37. The standard InChI is InChI=1S/C13H7ClF2O2S/c14-8-1-3-9(4-2-8)19-12-10(15)5-7(13(17)18)6-11(12)16/h1-6H,(H,17,18). The number of hydrogen-bond acceptors (Lipinski definition) is 2. The van der Waals surface area contributed by atoms with Crippen LogP contribution in [0.3, 0.4) is 0 Å². The van der Waals surface area contributed by atoms with E-state index in [0.29, 0.717) is 9.92 Å². The van der Waals surface area contributed by atoms with Gasteiger partial charge in [-0.05, 0) is 36.4 Å². The van der Waals surface area contributed by atoms with Crippen molar-refractivity contribution in [2.75, 3.05) is 0 Å². The molecule has 2 rings (SSSR count). The molecule has 2 aromatic rings. The first-order valence-corrected chi connectivity index (χ1v) is 6.32. The number of halogens is 3. The first-order valence-electron chi connectivity index (χ1n) is 5.13. The smallest absolute Gasteiger partial charge is 0.335 e. The van der Waals surface area contributed by atoms with Gasteiger partial charge in [-0.25, -0.2) is 13.6 Å². The van der Waals surface area contributed by atoms with Gasteiger partial charge in [0, 0.05) is 9.92 Å². The second kappa shape index (κ2) is 5.59. The molecule has 0 aliphatic heterocycles. The monoisotopic (exact) mass is 300 g/mol. The van der Waals surface area contributed by atoms with Crippen molar-refractivity contribution in [1.82, 2.24) is 0 Å². The molecule has 2 aromatic carbocycles. The zero-order valence-corrected chi connectivity index (χ0v) is 10.9. The van der Waals surface area contributed by atoms with Gasteiger partial charge in [0.2, 0.25) is 0 Å². The van der Waals surface area contributed by atoms with Crippen molar-refractivity contribution in [3.8, 4) is 0 Å². The number of benzene rings is 2. The number of carboxylic acid groups (broad SMARTS) is 1. The van der Waals surface area contributed by atoms with E-state index in [1.165, 1.54) is 0 Å². The molecular formula is C13H7ClF2O2S. The van der Waals surface area contributed by atoms with E-state index in [-0.39, 0.29) is 4.90 Å². The van der Waals surface area contributed by atoms with E-state index in [4.69, 9.17) is 16.7 Å². The maximum absolute atomic E-state index is 13.7. The zero-order chi connectivity index (χ0) is 14.0. The average Bonchev–Trinajstić information content (AvgIpc) is 2.35. The Bertz CT molecular complexity index is 606. The maximum Gasteiger partial charge on any atom is 0.335 e. The van der Waals surface area contributed by atoms with Crippen LogP contribution in [0.15, 0.2) is 46.2 Å². The molecule has 0 radical (unpaired) electrons. The highest BCUT2D eigenvalue weighted by molar-refractivity contribution is 7.99. The molecule has 0 spiro atoms. The van der Waals surface area contributed by atoms with Gasteiger partial charge in [-0.3, -0.25) is 0 Å². The summed E-state index contributed by atoms with van der Waals surface area (Å²) in [4.78, 5) is 11.0. The van der Waals surface area contributed by atoms with Gasteiger partial charge < -0.3 is 5.11 Å². The topological polar surface area (TPSA) is 37.3 Å². The van der Waals surface area contributed by atoms with Crippen LogP contribution in [0.5, 0.6) is 0 Å². The van der Waals surface area contributed by atoms with Gasteiger partial charge in [-0.15, -0.1) is 0 Å². The normalized spacial score (nSPS) is 10.5. The Hall–Kier alpha value is -1.59. The fourth-order valence-corrected chi connectivity index (χ4v) is 2.35. The van der Waals surface area contributed by atoms with E-state index in [1.807, 2.05) is 0 Å². The van der Waals surface area contributed by atoms with E-state index < -0.39 is 23.2 Å². The number of hydrogen-bond donors (Lipinski definition) is 1. The molecule has 0 aliphatic rings.